The van der Waals surface area contributed by atoms with E-state index in [-0.39, 0.29) is 6.61 Å². The van der Waals surface area contributed by atoms with Gasteiger partial charge in [0.1, 0.15) is 0 Å². The molecule has 0 heterocycles. The van der Waals surface area contributed by atoms with Crippen molar-refractivity contribution in [3.05, 3.63) is 0 Å². The van der Waals surface area contributed by atoms with Crippen LogP contribution in [0.2, 0.25) is 0 Å². The van der Waals surface area contributed by atoms with E-state index in [1.807, 2.05) is 0 Å². The molecule has 0 aliphatic rings. The maximum atomic E-state index is 9.07. The molecule has 4 heteroatoms. The van der Waals surface area contributed by atoms with Gasteiger partial charge >= 0.3 is 0 Å². The molecule has 0 amide bonds. The maximum absolute atomic E-state index is 9.07. The molecule has 0 saturated carbocycles. The predicted molar refractivity (Wildman–Crippen MR) is 42.9 cm³/mol. The summed E-state index contributed by atoms with van der Waals surface area (Å²) in [6.07, 6.45) is 0.128. The highest BCUT2D eigenvalue weighted by Gasteiger charge is 2.12. The fourth-order valence-electron chi connectivity index (χ4n) is 0.650. The molecule has 0 aliphatic carbocycles. The Bertz CT molecular complexity index is 79.4. The van der Waals surface area contributed by atoms with Gasteiger partial charge in [-0.2, -0.15) is 0 Å². The van der Waals surface area contributed by atoms with Crippen molar-refractivity contribution < 1.29 is 15.3 Å². The first-order chi connectivity index (χ1) is 4.72. The monoisotopic (exact) mass is 166 g/mol. The third-order valence-electron chi connectivity index (χ3n) is 1.34. The first-order valence-corrected chi connectivity index (χ1v) is 4.21. The Hall–Kier alpha value is 0.310. The lowest BCUT2D eigenvalue weighted by atomic mass is 10.1. The van der Waals surface area contributed by atoms with Crippen molar-refractivity contribution in [1.82, 2.24) is 0 Å². The summed E-state index contributed by atoms with van der Waals surface area (Å²) in [5.74, 6) is 0. The van der Waals surface area contributed by atoms with Crippen LogP contribution < -0.4 is 0 Å². The molecule has 0 aromatic carbocycles. The molecule has 3 atom stereocenters. The predicted octanol–water partition coefficient (Wildman–Crippen LogP) is -0.644. The summed E-state index contributed by atoms with van der Waals surface area (Å²) in [5.41, 5.74) is 0. The summed E-state index contributed by atoms with van der Waals surface area (Å²) >= 11 is 0. The van der Waals surface area contributed by atoms with E-state index >= 15 is 0 Å². The van der Waals surface area contributed by atoms with Crippen molar-refractivity contribution >= 4 is 9.24 Å². The maximum Gasteiger partial charge on any atom is 0.0833 e. The van der Waals surface area contributed by atoms with Crippen molar-refractivity contribution in [2.24, 2.45) is 0 Å². The average Bonchev–Trinajstić information content (AvgIpc) is 1.98. The van der Waals surface area contributed by atoms with Crippen LogP contribution in [-0.2, 0) is 0 Å². The smallest absolute Gasteiger partial charge is 0.0833 e. The summed E-state index contributed by atoms with van der Waals surface area (Å²) in [6.45, 7) is 0.0701. The molecule has 3 N–H and O–H groups in total. The Morgan fingerprint density at radius 3 is 2.20 bits per heavy atom. The number of rotatable bonds is 5. The zero-order chi connectivity index (χ0) is 7.98. The summed E-state index contributed by atoms with van der Waals surface area (Å²) in [7, 11) is 2.36. The molecular formula is C6H15O3P. The van der Waals surface area contributed by atoms with E-state index in [2.05, 4.69) is 9.24 Å². The van der Waals surface area contributed by atoms with E-state index in [1.165, 1.54) is 0 Å². The average molecular weight is 166 g/mol. The fraction of sp³-hybridized carbons (Fsp3) is 1.00. The summed E-state index contributed by atoms with van der Waals surface area (Å²) in [4.78, 5) is 0. The topological polar surface area (TPSA) is 60.7 Å². The van der Waals surface area contributed by atoms with Crippen molar-refractivity contribution in [2.75, 3.05) is 12.8 Å². The summed E-state index contributed by atoms with van der Waals surface area (Å²) in [6, 6.07) is 0. The minimum absolute atomic E-state index is 0.0701. The van der Waals surface area contributed by atoms with E-state index in [4.69, 9.17) is 15.3 Å². The molecule has 62 valence electrons. The third-order valence-corrected chi connectivity index (χ3v) is 1.83. The molecule has 0 aliphatic heterocycles. The van der Waals surface area contributed by atoms with Gasteiger partial charge in [0, 0.05) is 6.61 Å². The van der Waals surface area contributed by atoms with Gasteiger partial charge in [0.05, 0.1) is 12.2 Å². The van der Waals surface area contributed by atoms with Crippen molar-refractivity contribution in [3.63, 3.8) is 0 Å². The molecule has 3 nitrogen and oxygen atoms in total. The Morgan fingerprint density at radius 2 is 1.80 bits per heavy atom. The van der Waals surface area contributed by atoms with Crippen LogP contribution in [0.4, 0.5) is 0 Å². The molecule has 10 heavy (non-hydrogen) atoms. The van der Waals surface area contributed by atoms with Gasteiger partial charge in [-0.15, -0.1) is 9.24 Å². The lowest BCUT2D eigenvalue weighted by Crippen LogP contribution is -2.27. The van der Waals surface area contributed by atoms with E-state index in [0.717, 1.165) is 0 Å². The SMILES string of the molecule is OCCCC(O)C(O)CP. The lowest BCUT2D eigenvalue weighted by Gasteiger charge is -2.14. The summed E-state index contributed by atoms with van der Waals surface area (Å²) in [5, 5.41) is 26.4. The van der Waals surface area contributed by atoms with Gasteiger partial charge in [-0.25, -0.2) is 0 Å². The molecule has 0 aromatic rings. The molecule has 0 spiro atoms. The van der Waals surface area contributed by atoms with Crippen molar-refractivity contribution in [3.8, 4) is 0 Å². The fourth-order valence-corrected chi connectivity index (χ4v) is 0.964. The van der Waals surface area contributed by atoms with Crippen LogP contribution in [0.3, 0.4) is 0 Å². The van der Waals surface area contributed by atoms with Crippen LogP contribution in [0, 0.1) is 0 Å². The molecule has 3 unspecified atom stereocenters. The standard InChI is InChI=1S/C6H15O3P/c7-3-1-2-5(8)6(9)4-10/h5-9H,1-4,10H2. The zero-order valence-electron chi connectivity index (χ0n) is 5.90. The molecular weight excluding hydrogens is 151 g/mol. The normalized spacial score (nSPS) is 16.8. The van der Waals surface area contributed by atoms with Crippen molar-refractivity contribution in [2.45, 2.75) is 25.0 Å². The van der Waals surface area contributed by atoms with E-state index in [9.17, 15) is 0 Å². The van der Waals surface area contributed by atoms with Crippen molar-refractivity contribution in [1.29, 1.82) is 0 Å². The molecule has 0 aromatic heterocycles. The van der Waals surface area contributed by atoms with E-state index < -0.39 is 12.2 Å². The Balaban J connectivity index is 3.31. The molecule has 0 fully saturated rings. The van der Waals surface area contributed by atoms with Crippen LogP contribution >= 0.6 is 9.24 Å². The van der Waals surface area contributed by atoms with E-state index in [1.54, 1.807) is 0 Å². The van der Waals surface area contributed by atoms with Crippen LogP contribution in [0.25, 0.3) is 0 Å². The van der Waals surface area contributed by atoms with Crippen LogP contribution in [0.1, 0.15) is 12.8 Å². The first kappa shape index (κ1) is 10.3. The third kappa shape index (κ3) is 4.18. The highest BCUT2D eigenvalue weighted by molar-refractivity contribution is 7.16. The second kappa shape index (κ2) is 6.05. The number of aliphatic hydroxyl groups excluding tert-OH is 3. The minimum Gasteiger partial charge on any atom is -0.396 e. The largest absolute Gasteiger partial charge is 0.396 e. The lowest BCUT2D eigenvalue weighted by molar-refractivity contribution is 0.0250. The molecule has 0 rings (SSSR count). The Morgan fingerprint density at radius 1 is 1.20 bits per heavy atom. The second-order valence-electron chi connectivity index (χ2n) is 2.24. The highest BCUT2D eigenvalue weighted by atomic mass is 31.0. The summed E-state index contributed by atoms with van der Waals surface area (Å²) < 4.78 is 0. The van der Waals surface area contributed by atoms with E-state index in [0.29, 0.717) is 19.0 Å². The number of hydrogen-bond donors (Lipinski definition) is 3. The second-order valence-corrected chi connectivity index (χ2v) is 2.71. The number of hydrogen-bond acceptors (Lipinski definition) is 3. The highest BCUT2D eigenvalue weighted by Crippen LogP contribution is 2.04. The van der Waals surface area contributed by atoms with Gasteiger partial charge in [-0.1, -0.05) is 0 Å². The van der Waals surface area contributed by atoms with Gasteiger partial charge in [0.2, 0.25) is 0 Å². The van der Waals surface area contributed by atoms with Gasteiger partial charge in [0.25, 0.3) is 0 Å². The Labute approximate surface area is 63.3 Å². The Kier molecular flexibility index (Phi) is 6.24. The molecule has 0 bridgehead atoms. The first-order valence-electron chi connectivity index (χ1n) is 3.39. The van der Waals surface area contributed by atoms with Gasteiger partial charge in [-0.05, 0) is 19.0 Å². The number of aliphatic hydroxyl groups is 3. The zero-order valence-corrected chi connectivity index (χ0v) is 7.06. The van der Waals surface area contributed by atoms with Gasteiger partial charge in [0.15, 0.2) is 0 Å². The van der Waals surface area contributed by atoms with Crippen LogP contribution in [0.5, 0.6) is 0 Å². The molecule has 0 radical (unpaired) electrons. The van der Waals surface area contributed by atoms with Crippen LogP contribution in [0.15, 0.2) is 0 Å². The quantitative estimate of drug-likeness (QED) is 0.476. The van der Waals surface area contributed by atoms with Gasteiger partial charge < -0.3 is 15.3 Å². The molecule has 0 saturated heterocycles. The van der Waals surface area contributed by atoms with Crippen LogP contribution in [-0.4, -0.2) is 40.3 Å². The van der Waals surface area contributed by atoms with Gasteiger partial charge in [-0.3, -0.25) is 0 Å². The minimum atomic E-state index is -0.690.